The maximum absolute atomic E-state index is 12.4. The van der Waals surface area contributed by atoms with Gasteiger partial charge >= 0.3 is 0 Å². The normalized spacial score (nSPS) is 15.7. The maximum Gasteiger partial charge on any atom is 0.252 e. The molecular formula is C17H24N4O4. The average Bonchev–Trinajstić information content (AvgIpc) is 3.17. The Morgan fingerprint density at radius 1 is 1.20 bits per heavy atom. The Labute approximate surface area is 146 Å². The lowest BCUT2D eigenvalue weighted by Crippen LogP contribution is -2.41. The summed E-state index contributed by atoms with van der Waals surface area (Å²) in [6.45, 7) is 7.32. The second-order valence-electron chi connectivity index (χ2n) is 6.43. The van der Waals surface area contributed by atoms with Crippen LogP contribution in [0.2, 0.25) is 0 Å². The second kappa shape index (κ2) is 7.77. The fraction of sp³-hybridized carbons (Fsp3) is 0.647. The molecule has 0 spiro atoms. The van der Waals surface area contributed by atoms with Crippen molar-refractivity contribution in [2.75, 3.05) is 13.1 Å². The molecular weight excluding hydrogens is 324 g/mol. The number of carbonyl (C=O) groups is 1. The van der Waals surface area contributed by atoms with Gasteiger partial charge in [-0.1, -0.05) is 10.3 Å². The predicted molar refractivity (Wildman–Crippen MR) is 87.7 cm³/mol. The lowest BCUT2D eigenvalue weighted by molar-refractivity contribution is -0.134. The largest absolute Gasteiger partial charge is 0.368 e. The number of rotatable bonds is 6. The molecule has 1 aliphatic rings. The third-order valence-corrected chi connectivity index (χ3v) is 4.58. The molecule has 0 aliphatic carbocycles. The molecule has 8 nitrogen and oxygen atoms in total. The summed E-state index contributed by atoms with van der Waals surface area (Å²) in [6, 6.07) is 0. The highest BCUT2D eigenvalue weighted by molar-refractivity contribution is 5.76. The van der Waals surface area contributed by atoms with Crippen molar-refractivity contribution in [1.82, 2.24) is 20.2 Å². The second-order valence-corrected chi connectivity index (χ2v) is 6.43. The van der Waals surface area contributed by atoms with Gasteiger partial charge in [0.1, 0.15) is 12.4 Å². The highest BCUT2D eigenvalue weighted by Gasteiger charge is 2.24. The molecule has 1 amide bonds. The van der Waals surface area contributed by atoms with Gasteiger partial charge < -0.3 is 18.7 Å². The van der Waals surface area contributed by atoms with Crippen LogP contribution in [0.15, 0.2) is 9.05 Å². The van der Waals surface area contributed by atoms with Gasteiger partial charge in [0, 0.05) is 25.1 Å². The van der Waals surface area contributed by atoms with Crippen LogP contribution in [-0.4, -0.2) is 45.3 Å². The molecule has 0 radical (unpaired) electrons. The lowest BCUT2D eigenvalue weighted by atomic mass is 10.0. The summed E-state index contributed by atoms with van der Waals surface area (Å²) >= 11 is 0. The van der Waals surface area contributed by atoms with Crippen molar-refractivity contribution < 1.29 is 18.6 Å². The number of nitrogens with zero attached hydrogens (tertiary/aromatic N) is 4. The third kappa shape index (κ3) is 4.45. The van der Waals surface area contributed by atoms with Crippen LogP contribution in [0, 0.1) is 20.8 Å². The van der Waals surface area contributed by atoms with E-state index in [9.17, 15) is 4.79 Å². The topological polar surface area (TPSA) is 94.5 Å². The Morgan fingerprint density at radius 3 is 2.56 bits per heavy atom. The van der Waals surface area contributed by atoms with Crippen molar-refractivity contribution in [3.63, 3.8) is 0 Å². The molecule has 0 saturated carbocycles. The van der Waals surface area contributed by atoms with E-state index in [2.05, 4.69) is 15.3 Å². The lowest BCUT2D eigenvalue weighted by Gasteiger charge is -2.31. The van der Waals surface area contributed by atoms with E-state index in [0.29, 0.717) is 44.3 Å². The quantitative estimate of drug-likeness (QED) is 0.789. The van der Waals surface area contributed by atoms with Crippen LogP contribution in [0.4, 0.5) is 0 Å². The maximum atomic E-state index is 12.4. The Morgan fingerprint density at radius 2 is 1.96 bits per heavy atom. The fourth-order valence-corrected chi connectivity index (χ4v) is 3.11. The molecule has 25 heavy (non-hydrogen) atoms. The van der Waals surface area contributed by atoms with E-state index in [1.54, 1.807) is 6.92 Å². The molecule has 2 aromatic heterocycles. The Kier molecular flexibility index (Phi) is 5.47. The smallest absolute Gasteiger partial charge is 0.252 e. The van der Waals surface area contributed by atoms with Crippen molar-refractivity contribution in [1.29, 1.82) is 0 Å². The molecule has 0 bridgehead atoms. The first-order valence-electron chi connectivity index (χ1n) is 8.63. The average molecular weight is 348 g/mol. The van der Waals surface area contributed by atoms with E-state index >= 15 is 0 Å². The summed E-state index contributed by atoms with van der Waals surface area (Å²) < 4.78 is 16.0. The van der Waals surface area contributed by atoms with Crippen LogP contribution in [0.1, 0.15) is 48.0 Å². The zero-order valence-electron chi connectivity index (χ0n) is 14.9. The summed E-state index contributed by atoms with van der Waals surface area (Å²) in [5, 5.41) is 7.67. The van der Waals surface area contributed by atoms with Gasteiger partial charge in [0.15, 0.2) is 5.82 Å². The Bertz CT molecular complexity index is 697. The molecule has 1 aliphatic heterocycles. The first-order valence-corrected chi connectivity index (χ1v) is 8.63. The first-order chi connectivity index (χ1) is 12.0. The van der Waals surface area contributed by atoms with Gasteiger partial charge in [-0.25, -0.2) is 0 Å². The summed E-state index contributed by atoms with van der Waals surface area (Å²) in [5.74, 6) is 2.08. The van der Waals surface area contributed by atoms with Crippen molar-refractivity contribution in [2.45, 2.75) is 59.2 Å². The van der Waals surface area contributed by atoms with Crippen LogP contribution in [0.25, 0.3) is 0 Å². The van der Waals surface area contributed by atoms with E-state index < -0.39 is 0 Å². The predicted octanol–water partition coefficient (Wildman–Crippen LogP) is 2.12. The summed E-state index contributed by atoms with van der Waals surface area (Å²) in [6.07, 6.45) is 2.93. The van der Waals surface area contributed by atoms with E-state index in [1.165, 1.54) is 0 Å². The van der Waals surface area contributed by atoms with Crippen LogP contribution in [0.5, 0.6) is 0 Å². The molecule has 136 valence electrons. The fourth-order valence-electron chi connectivity index (χ4n) is 3.11. The first kappa shape index (κ1) is 17.6. The summed E-state index contributed by atoms with van der Waals surface area (Å²) in [4.78, 5) is 18.4. The van der Waals surface area contributed by atoms with Gasteiger partial charge in [0.05, 0.1) is 11.8 Å². The van der Waals surface area contributed by atoms with Gasteiger partial charge in [-0.15, -0.1) is 0 Å². The van der Waals surface area contributed by atoms with Gasteiger partial charge in [-0.3, -0.25) is 4.79 Å². The molecule has 1 saturated heterocycles. The number of piperidine rings is 1. The zero-order chi connectivity index (χ0) is 17.8. The molecule has 8 heteroatoms. The van der Waals surface area contributed by atoms with Gasteiger partial charge in [0.2, 0.25) is 5.91 Å². The molecule has 0 unspecified atom stereocenters. The van der Waals surface area contributed by atoms with E-state index in [1.807, 2.05) is 18.7 Å². The van der Waals surface area contributed by atoms with Crippen molar-refractivity contribution in [3.8, 4) is 0 Å². The number of aromatic nitrogens is 3. The van der Waals surface area contributed by atoms with Gasteiger partial charge in [-0.2, -0.15) is 4.98 Å². The minimum atomic E-state index is 0.124. The highest BCUT2D eigenvalue weighted by atomic mass is 16.5. The van der Waals surface area contributed by atoms with Crippen LogP contribution >= 0.6 is 0 Å². The van der Waals surface area contributed by atoms with Crippen LogP contribution < -0.4 is 0 Å². The molecule has 3 rings (SSSR count). The van der Waals surface area contributed by atoms with Crippen molar-refractivity contribution in [3.05, 3.63) is 28.7 Å². The minimum absolute atomic E-state index is 0.124. The van der Waals surface area contributed by atoms with Crippen molar-refractivity contribution in [2.24, 2.45) is 0 Å². The van der Waals surface area contributed by atoms with E-state index in [4.69, 9.17) is 13.8 Å². The van der Waals surface area contributed by atoms with Crippen LogP contribution in [0.3, 0.4) is 0 Å². The number of aryl methyl sites for hydroxylation is 3. The third-order valence-electron chi connectivity index (χ3n) is 4.58. The van der Waals surface area contributed by atoms with Gasteiger partial charge in [-0.05, 0) is 40.0 Å². The molecule has 0 aromatic carbocycles. The molecule has 0 N–H and O–H groups in total. The van der Waals surface area contributed by atoms with Crippen LogP contribution in [-0.2, 0) is 22.6 Å². The van der Waals surface area contributed by atoms with Crippen molar-refractivity contribution >= 4 is 5.91 Å². The SMILES string of the molecule is Cc1noc(COC2CCN(C(=O)CCc3c(C)noc3C)CC2)n1. The number of hydrogen-bond donors (Lipinski definition) is 0. The van der Waals surface area contributed by atoms with E-state index in [0.717, 1.165) is 29.9 Å². The highest BCUT2D eigenvalue weighted by Crippen LogP contribution is 2.18. The number of hydrogen-bond acceptors (Lipinski definition) is 7. The summed E-state index contributed by atoms with van der Waals surface area (Å²) in [7, 11) is 0. The molecule has 0 atom stereocenters. The number of ether oxygens (including phenoxy) is 1. The zero-order valence-corrected chi connectivity index (χ0v) is 14.9. The monoisotopic (exact) mass is 348 g/mol. The van der Waals surface area contributed by atoms with Gasteiger partial charge in [0.25, 0.3) is 5.89 Å². The Balaban J connectivity index is 1.40. The standard InChI is InChI=1S/C17H24N4O4/c1-11-15(12(2)24-19-11)4-5-17(22)21-8-6-14(7-9-21)23-10-16-18-13(3)20-25-16/h14H,4-10H2,1-3H3. The molecule has 3 heterocycles. The number of amides is 1. The van der Waals surface area contributed by atoms with E-state index in [-0.39, 0.29) is 12.0 Å². The molecule has 2 aromatic rings. The number of likely N-dealkylation sites (tertiary alicyclic amines) is 1. The Hall–Kier alpha value is -2.22. The minimum Gasteiger partial charge on any atom is -0.368 e. The number of carbonyl (C=O) groups excluding carboxylic acids is 1. The molecule has 1 fully saturated rings. The summed E-state index contributed by atoms with van der Waals surface area (Å²) in [5.41, 5.74) is 1.91.